The number of anilines is 1. The molecule has 4 rings (SSSR count). The Hall–Kier alpha value is -1.92. The molecule has 2 aromatic carbocycles. The molecule has 1 aliphatic carbocycles. The Morgan fingerprint density at radius 1 is 1.26 bits per heavy atom. The summed E-state index contributed by atoms with van der Waals surface area (Å²) < 4.78 is 29.6. The van der Waals surface area contributed by atoms with E-state index in [0.29, 0.717) is 10.5 Å². The lowest BCUT2D eigenvalue weighted by atomic mass is 10.1. The number of hydrogen-bond acceptors (Lipinski definition) is 2. The molecule has 4 nitrogen and oxygen atoms in total. The maximum atomic E-state index is 14.0. The van der Waals surface area contributed by atoms with Crippen LogP contribution in [0.25, 0.3) is 0 Å². The van der Waals surface area contributed by atoms with E-state index in [1.54, 1.807) is 12.1 Å². The van der Waals surface area contributed by atoms with Gasteiger partial charge in [0.05, 0.1) is 21.2 Å². The fraction of sp³-hybridized carbons (Fsp3) is 0.350. The van der Waals surface area contributed by atoms with Gasteiger partial charge >= 0.3 is 0 Å². The summed E-state index contributed by atoms with van der Waals surface area (Å²) in [5.74, 6) is -0.249. The molecule has 142 valence electrons. The van der Waals surface area contributed by atoms with Crippen LogP contribution >= 0.6 is 11.6 Å². The van der Waals surface area contributed by atoms with E-state index in [9.17, 15) is 8.60 Å². The largest absolute Gasteiger partial charge is 0.351 e. The summed E-state index contributed by atoms with van der Waals surface area (Å²) in [7, 11) is -1.58. The zero-order chi connectivity index (χ0) is 19.2. The summed E-state index contributed by atoms with van der Waals surface area (Å²) in [5.41, 5.74) is 1.83. The van der Waals surface area contributed by atoms with Crippen molar-refractivity contribution in [3.63, 3.8) is 0 Å². The van der Waals surface area contributed by atoms with Crippen LogP contribution in [0.15, 0.2) is 41.3 Å². The quantitative estimate of drug-likeness (QED) is 0.562. The van der Waals surface area contributed by atoms with Crippen LogP contribution in [0.3, 0.4) is 0 Å². The smallest absolute Gasteiger partial charge is 0.150 e. The fourth-order valence-electron chi connectivity index (χ4n) is 3.80. The number of nitrogens with zero attached hydrogens (tertiary/aromatic N) is 1. The summed E-state index contributed by atoms with van der Waals surface area (Å²) in [6.45, 7) is 2.75. The second kappa shape index (κ2) is 6.91. The third-order valence-electron chi connectivity index (χ3n) is 5.42. The van der Waals surface area contributed by atoms with E-state index < -0.39 is 16.8 Å². The molecule has 1 aliphatic heterocycles. The summed E-state index contributed by atoms with van der Waals surface area (Å²) in [6.07, 6.45) is 4.27. The normalized spacial score (nSPS) is 18.6. The van der Waals surface area contributed by atoms with E-state index in [1.807, 2.05) is 19.1 Å². The van der Waals surface area contributed by atoms with Gasteiger partial charge < -0.3 is 9.62 Å². The van der Waals surface area contributed by atoms with Crippen LogP contribution in [0.1, 0.15) is 36.8 Å². The van der Waals surface area contributed by atoms with Crippen molar-refractivity contribution in [3.05, 3.63) is 58.4 Å². The lowest BCUT2D eigenvalue weighted by Crippen LogP contribution is -2.37. The van der Waals surface area contributed by atoms with Crippen LogP contribution in [0.2, 0.25) is 5.02 Å². The number of aryl methyl sites for hydroxylation is 1. The van der Waals surface area contributed by atoms with Crippen molar-refractivity contribution in [2.75, 3.05) is 11.3 Å². The molecule has 1 saturated heterocycles. The first kappa shape index (κ1) is 18.4. The van der Waals surface area contributed by atoms with E-state index >= 15 is 0 Å². The van der Waals surface area contributed by atoms with Crippen LogP contribution in [-0.2, 0) is 11.0 Å². The first-order valence-corrected chi connectivity index (χ1v) is 10.5. The minimum atomic E-state index is -1.58. The molecule has 0 aromatic heterocycles. The Kier molecular flexibility index (Phi) is 4.72. The minimum absolute atomic E-state index is 0.0716. The minimum Gasteiger partial charge on any atom is -0.351 e. The van der Waals surface area contributed by atoms with Crippen LogP contribution in [0, 0.1) is 18.2 Å². The van der Waals surface area contributed by atoms with Crippen LogP contribution < -0.4 is 4.72 Å². The van der Waals surface area contributed by atoms with Crippen molar-refractivity contribution >= 4 is 34.1 Å². The maximum absolute atomic E-state index is 14.0. The van der Waals surface area contributed by atoms with E-state index in [1.165, 1.54) is 12.1 Å². The first-order chi connectivity index (χ1) is 12.9. The van der Waals surface area contributed by atoms with Gasteiger partial charge in [0.1, 0.15) is 22.6 Å². The Bertz CT molecular complexity index is 928. The number of halogens is 2. The molecule has 2 fully saturated rings. The summed E-state index contributed by atoms with van der Waals surface area (Å²) in [5, 5.41) is 8.89. The van der Waals surface area contributed by atoms with Gasteiger partial charge in [0.25, 0.3) is 0 Å². The number of likely N-dealkylation sites (tertiary alicyclic amines) is 1. The van der Waals surface area contributed by atoms with Gasteiger partial charge in [-0.3, -0.25) is 5.41 Å². The Morgan fingerprint density at radius 3 is 2.63 bits per heavy atom. The molecule has 1 unspecified atom stereocenters. The van der Waals surface area contributed by atoms with Crippen molar-refractivity contribution in [1.82, 2.24) is 4.90 Å². The average Bonchev–Trinajstić information content (AvgIpc) is 3.25. The van der Waals surface area contributed by atoms with Gasteiger partial charge in [-0.2, -0.15) is 0 Å². The van der Waals surface area contributed by atoms with Crippen molar-refractivity contribution in [3.8, 4) is 0 Å². The third kappa shape index (κ3) is 3.48. The van der Waals surface area contributed by atoms with Gasteiger partial charge in [0, 0.05) is 12.1 Å². The zero-order valence-electron chi connectivity index (χ0n) is 15.0. The Labute approximate surface area is 165 Å². The van der Waals surface area contributed by atoms with Crippen LogP contribution in [0.4, 0.5) is 10.1 Å². The fourth-order valence-corrected chi connectivity index (χ4v) is 4.96. The van der Waals surface area contributed by atoms with E-state index in [4.69, 9.17) is 17.0 Å². The predicted octanol–water partition coefficient (Wildman–Crippen LogP) is 4.88. The molecule has 0 radical (unpaired) electrons. The molecule has 2 N–H and O–H groups in total. The molecule has 2 aliphatic rings. The molecule has 0 amide bonds. The average molecular weight is 406 g/mol. The number of rotatable bonds is 4. The van der Waals surface area contributed by atoms with Gasteiger partial charge in [0.2, 0.25) is 0 Å². The van der Waals surface area contributed by atoms with Crippen molar-refractivity contribution in [1.29, 1.82) is 5.41 Å². The molecular formula is C20H21ClFN3OS. The van der Waals surface area contributed by atoms with Crippen molar-refractivity contribution < 1.29 is 8.60 Å². The van der Waals surface area contributed by atoms with Gasteiger partial charge in [0.15, 0.2) is 0 Å². The highest BCUT2D eigenvalue weighted by atomic mass is 35.5. The Morgan fingerprint density at radius 2 is 1.96 bits per heavy atom. The summed E-state index contributed by atoms with van der Waals surface area (Å²) >= 11 is 6.33. The number of benzene rings is 2. The maximum Gasteiger partial charge on any atom is 0.150 e. The molecule has 2 aromatic rings. The van der Waals surface area contributed by atoms with Gasteiger partial charge in [-0.15, -0.1) is 0 Å². The topological polar surface area (TPSA) is 56.2 Å². The highest BCUT2D eigenvalue weighted by molar-refractivity contribution is 7.86. The monoisotopic (exact) mass is 405 g/mol. The molecule has 1 atom stereocenters. The van der Waals surface area contributed by atoms with Gasteiger partial charge in [-0.25, -0.2) is 8.60 Å². The van der Waals surface area contributed by atoms with Gasteiger partial charge in [-0.1, -0.05) is 29.3 Å². The Balaban J connectivity index is 1.67. The molecule has 1 saturated carbocycles. The van der Waals surface area contributed by atoms with E-state index in [2.05, 4.69) is 9.62 Å². The van der Waals surface area contributed by atoms with E-state index in [0.717, 1.165) is 37.8 Å². The molecule has 1 heterocycles. The SMILES string of the molecule is Cc1ccc(S(=O)Nc2cc(F)cc(Cl)c2C(=N)N2CCCC23CC3)cc1. The summed E-state index contributed by atoms with van der Waals surface area (Å²) in [4.78, 5) is 2.66. The first-order valence-electron chi connectivity index (χ1n) is 9.00. The second-order valence-electron chi connectivity index (χ2n) is 7.32. The van der Waals surface area contributed by atoms with E-state index in [-0.39, 0.29) is 22.1 Å². The molecular weight excluding hydrogens is 385 g/mol. The number of hydrogen-bond donors (Lipinski definition) is 2. The second-order valence-corrected chi connectivity index (χ2v) is 8.94. The number of nitrogens with one attached hydrogen (secondary N) is 2. The van der Waals surface area contributed by atoms with Crippen molar-refractivity contribution in [2.45, 2.75) is 43.0 Å². The standard InChI is InChI=1S/C20H21ClFN3OS/c1-13-3-5-15(6-4-13)27(26)24-17-12-14(22)11-16(21)18(17)19(23)25-10-2-7-20(25)8-9-20/h3-6,11-12,23-24H,2,7-10H2,1H3. The van der Waals surface area contributed by atoms with Crippen LogP contribution in [-0.4, -0.2) is 27.0 Å². The molecule has 1 spiro atoms. The van der Waals surface area contributed by atoms with Crippen molar-refractivity contribution in [2.24, 2.45) is 0 Å². The predicted molar refractivity (Wildman–Crippen MR) is 107 cm³/mol. The lowest BCUT2D eigenvalue weighted by molar-refractivity contribution is 0.368. The third-order valence-corrected chi connectivity index (χ3v) is 6.83. The highest BCUT2D eigenvalue weighted by Crippen LogP contribution is 2.50. The lowest BCUT2D eigenvalue weighted by Gasteiger charge is -2.28. The number of amidine groups is 1. The zero-order valence-corrected chi connectivity index (χ0v) is 16.6. The van der Waals surface area contributed by atoms with Gasteiger partial charge in [-0.05, 0) is 56.9 Å². The summed E-state index contributed by atoms with van der Waals surface area (Å²) in [6, 6.07) is 9.75. The molecule has 0 bridgehead atoms. The molecule has 7 heteroatoms. The van der Waals surface area contributed by atoms with Crippen LogP contribution in [0.5, 0.6) is 0 Å². The highest BCUT2D eigenvalue weighted by Gasteiger charge is 2.52. The molecule has 27 heavy (non-hydrogen) atoms.